The van der Waals surface area contributed by atoms with Crippen molar-refractivity contribution in [3.8, 4) is 0 Å². The van der Waals surface area contributed by atoms with Gasteiger partial charge in [0.25, 0.3) is 0 Å². The first-order valence-corrected chi connectivity index (χ1v) is 10.8. The van der Waals surface area contributed by atoms with E-state index in [1.165, 1.54) is 0 Å². The van der Waals surface area contributed by atoms with Crippen LogP contribution in [0, 0.1) is 5.92 Å². The summed E-state index contributed by atoms with van der Waals surface area (Å²) in [5, 5.41) is 4.82. The van der Waals surface area contributed by atoms with Gasteiger partial charge < -0.3 is 15.2 Å². The highest BCUT2D eigenvalue weighted by molar-refractivity contribution is 6.30. The van der Waals surface area contributed by atoms with Crippen molar-refractivity contribution in [2.24, 2.45) is 5.92 Å². The fourth-order valence-electron chi connectivity index (χ4n) is 4.10. The van der Waals surface area contributed by atoms with Crippen LogP contribution in [-0.4, -0.2) is 41.3 Å². The minimum atomic E-state index is -0.143. The van der Waals surface area contributed by atoms with E-state index in [1.807, 2.05) is 59.6 Å². The maximum atomic E-state index is 12.9. The van der Waals surface area contributed by atoms with Gasteiger partial charge in [-0.05, 0) is 48.6 Å². The molecule has 0 spiro atoms. The summed E-state index contributed by atoms with van der Waals surface area (Å²) in [7, 11) is 0. The maximum absolute atomic E-state index is 12.9. The van der Waals surface area contributed by atoms with Crippen LogP contribution in [0.1, 0.15) is 24.0 Å². The molecule has 6 heteroatoms. The molecular formula is C24H26ClN3O2. The number of piperidine rings is 1. The zero-order chi connectivity index (χ0) is 20.9. The fourth-order valence-corrected chi connectivity index (χ4v) is 4.22. The maximum Gasteiger partial charge on any atom is 0.227 e. The lowest BCUT2D eigenvalue weighted by Gasteiger charge is -2.32. The molecule has 0 aliphatic carbocycles. The molecule has 1 aliphatic rings. The summed E-state index contributed by atoms with van der Waals surface area (Å²) < 4.78 is 0. The van der Waals surface area contributed by atoms with E-state index >= 15 is 0 Å². The zero-order valence-electron chi connectivity index (χ0n) is 16.9. The molecule has 0 radical (unpaired) electrons. The Labute approximate surface area is 181 Å². The Morgan fingerprint density at radius 3 is 2.77 bits per heavy atom. The standard InChI is InChI=1S/C24H26ClN3O2/c25-20-9-7-17(8-10-20)11-12-26-24(30)18-4-3-13-28(16-18)23(29)14-19-15-27-22-6-2-1-5-21(19)22/h1-2,5-10,15,18,27H,3-4,11-14,16H2,(H,26,30)/t18-/m1/s1. The van der Waals surface area contributed by atoms with Gasteiger partial charge in [0, 0.05) is 41.8 Å². The van der Waals surface area contributed by atoms with E-state index in [2.05, 4.69) is 10.3 Å². The van der Waals surface area contributed by atoms with E-state index in [-0.39, 0.29) is 17.7 Å². The molecule has 1 atom stereocenters. The Morgan fingerprint density at radius 2 is 1.93 bits per heavy atom. The molecule has 2 N–H and O–H groups in total. The van der Waals surface area contributed by atoms with Gasteiger partial charge in [-0.2, -0.15) is 0 Å². The first kappa shape index (κ1) is 20.5. The van der Waals surface area contributed by atoms with Crippen molar-refractivity contribution in [1.82, 2.24) is 15.2 Å². The van der Waals surface area contributed by atoms with Gasteiger partial charge in [0.1, 0.15) is 0 Å². The summed E-state index contributed by atoms with van der Waals surface area (Å²) in [5.41, 5.74) is 3.18. The third kappa shape index (κ3) is 4.85. The van der Waals surface area contributed by atoms with Crippen LogP contribution in [0.15, 0.2) is 54.7 Å². The second-order valence-corrected chi connectivity index (χ2v) is 8.32. The second-order valence-electron chi connectivity index (χ2n) is 7.88. The second kappa shape index (κ2) is 9.35. The van der Waals surface area contributed by atoms with Crippen LogP contribution in [0.3, 0.4) is 0 Å². The number of likely N-dealkylation sites (tertiary alicyclic amines) is 1. The number of halogens is 1. The number of carbonyl (C=O) groups is 2. The lowest BCUT2D eigenvalue weighted by Crippen LogP contribution is -2.46. The van der Waals surface area contributed by atoms with Gasteiger partial charge in [0.15, 0.2) is 0 Å². The van der Waals surface area contributed by atoms with E-state index in [0.717, 1.165) is 47.8 Å². The number of hydrogen-bond acceptors (Lipinski definition) is 2. The van der Waals surface area contributed by atoms with E-state index in [9.17, 15) is 9.59 Å². The zero-order valence-corrected chi connectivity index (χ0v) is 17.6. The molecule has 2 aromatic carbocycles. The number of para-hydroxylation sites is 1. The fraction of sp³-hybridized carbons (Fsp3) is 0.333. The molecule has 1 aliphatic heterocycles. The van der Waals surface area contributed by atoms with Crippen molar-refractivity contribution >= 4 is 34.3 Å². The summed E-state index contributed by atoms with van der Waals surface area (Å²) >= 11 is 5.91. The molecule has 1 saturated heterocycles. The van der Waals surface area contributed by atoms with Gasteiger partial charge in [-0.3, -0.25) is 9.59 Å². The highest BCUT2D eigenvalue weighted by Gasteiger charge is 2.28. The Kier molecular flexibility index (Phi) is 6.38. The molecule has 5 nitrogen and oxygen atoms in total. The molecule has 156 valence electrons. The van der Waals surface area contributed by atoms with Gasteiger partial charge in [-0.15, -0.1) is 0 Å². The molecule has 1 fully saturated rings. The largest absolute Gasteiger partial charge is 0.361 e. The van der Waals surface area contributed by atoms with Crippen molar-refractivity contribution in [1.29, 1.82) is 0 Å². The van der Waals surface area contributed by atoms with E-state index < -0.39 is 0 Å². The number of aromatic nitrogens is 1. The highest BCUT2D eigenvalue weighted by atomic mass is 35.5. The first-order chi connectivity index (χ1) is 14.6. The van der Waals surface area contributed by atoms with E-state index in [4.69, 9.17) is 11.6 Å². The third-order valence-electron chi connectivity index (χ3n) is 5.79. The Balaban J connectivity index is 1.29. The SMILES string of the molecule is O=C(NCCc1ccc(Cl)cc1)[C@@H]1CCCN(C(=O)Cc2c[nH]c3ccccc23)C1. The first-order valence-electron chi connectivity index (χ1n) is 10.4. The van der Waals surface area contributed by atoms with E-state index in [1.54, 1.807) is 0 Å². The number of rotatable bonds is 6. The van der Waals surface area contributed by atoms with Crippen molar-refractivity contribution in [3.63, 3.8) is 0 Å². The molecule has 4 rings (SSSR count). The molecule has 0 bridgehead atoms. The molecule has 1 aromatic heterocycles. The summed E-state index contributed by atoms with van der Waals surface area (Å²) in [6.45, 7) is 1.80. The highest BCUT2D eigenvalue weighted by Crippen LogP contribution is 2.21. The lowest BCUT2D eigenvalue weighted by atomic mass is 9.96. The number of hydrogen-bond donors (Lipinski definition) is 2. The summed E-state index contributed by atoms with van der Waals surface area (Å²) in [5.74, 6) is -0.0251. The van der Waals surface area contributed by atoms with Crippen molar-refractivity contribution in [3.05, 3.63) is 70.9 Å². The number of carbonyl (C=O) groups excluding carboxylic acids is 2. The summed E-state index contributed by atoms with van der Waals surface area (Å²) in [6.07, 6.45) is 4.71. The minimum absolute atomic E-state index is 0.0357. The topological polar surface area (TPSA) is 65.2 Å². The monoisotopic (exact) mass is 423 g/mol. The van der Waals surface area contributed by atoms with Crippen molar-refractivity contribution in [2.45, 2.75) is 25.7 Å². The smallest absolute Gasteiger partial charge is 0.227 e. The minimum Gasteiger partial charge on any atom is -0.361 e. The predicted molar refractivity (Wildman–Crippen MR) is 119 cm³/mol. The Hall–Kier alpha value is -2.79. The number of benzene rings is 2. The summed E-state index contributed by atoms with van der Waals surface area (Å²) in [6, 6.07) is 15.7. The van der Waals surface area contributed by atoms with Crippen molar-refractivity contribution in [2.75, 3.05) is 19.6 Å². The summed E-state index contributed by atoms with van der Waals surface area (Å²) in [4.78, 5) is 30.6. The number of H-pyrrole nitrogens is 1. The predicted octanol–water partition coefficient (Wildman–Crippen LogP) is 3.96. The van der Waals surface area contributed by atoms with Crippen LogP contribution < -0.4 is 5.32 Å². The lowest BCUT2D eigenvalue weighted by molar-refractivity contribution is -0.135. The average molecular weight is 424 g/mol. The average Bonchev–Trinajstić information content (AvgIpc) is 3.18. The van der Waals surface area contributed by atoms with Crippen LogP contribution in [0.2, 0.25) is 5.02 Å². The van der Waals surface area contributed by atoms with Gasteiger partial charge in [0.05, 0.1) is 12.3 Å². The van der Waals surface area contributed by atoms with Gasteiger partial charge >= 0.3 is 0 Å². The van der Waals surface area contributed by atoms with Gasteiger partial charge in [-0.1, -0.05) is 41.9 Å². The van der Waals surface area contributed by atoms with Gasteiger partial charge in [0.2, 0.25) is 11.8 Å². The number of aromatic amines is 1. The van der Waals surface area contributed by atoms with Crippen LogP contribution >= 0.6 is 11.6 Å². The van der Waals surface area contributed by atoms with E-state index in [0.29, 0.717) is 24.5 Å². The van der Waals surface area contributed by atoms with Crippen LogP contribution in [0.25, 0.3) is 10.9 Å². The normalized spacial score (nSPS) is 16.6. The molecule has 30 heavy (non-hydrogen) atoms. The third-order valence-corrected chi connectivity index (χ3v) is 6.04. The Morgan fingerprint density at radius 1 is 1.13 bits per heavy atom. The number of amides is 2. The number of nitrogens with one attached hydrogen (secondary N) is 2. The Bertz CT molecular complexity index is 1030. The molecule has 2 amide bonds. The van der Waals surface area contributed by atoms with Gasteiger partial charge in [-0.25, -0.2) is 0 Å². The number of nitrogens with zero attached hydrogens (tertiary/aromatic N) is 1. The molecular weight excluding hydrogens is 398 g/mol. The van der Waals surface area contributed by atoms with Crippen LogP contribution in [0.4, 0.5) is 0 Å². The molecule has 0 unspecified atom stereocenters. The van der Waals surface area contributed by atoms with Crippen LogP contribution in [-0.2, 0) is 22.4 Å². The van der Waals surface area contributed by atoms with Crippen molar-refractivity contribution < 1.29 is 9.59 Å². The molecule has 3 aromatic rings. The molecule has 2 heterocycles. The number of fused-ring (bicyclic) bond motifs is 1. The molecule has 0 saturated carbocycles. The van der Waals surface area contributed by atoms with Crippen LogP contribution in [0.5, 0.6) is 0 Å². The quantitative estimate of drug-likeness (QED) is 0.630.